The van der Waals surface area contributed by atoms with Gasteiger partial charge in [0.25, 0.3) is 0 Å². The quantitative estimate of drug-likeness (QED) is 0.655. The van der Waals surface area contributed by atoms with Crippen molar-refractivity contribution in [1.29, 1.82) is 5.26 Å². The van der Waals surface area contributed by atoms with E-state index in [0.29, 0.717) is 10.6 Å². The van der Waals surface area contributed by atoms with Crippen LogP contribution in [-0.4, -0.2) is 5.60 Å². The predicted molar refractivity (Wildman–Crippen MR) is 54.6 cm³/mol. The first-order valence-electron chi connectivity index (χ1n) is 4.43. The topological polar surface area (TPSA) is 33.0 Å². The molecule has 14 heavy (non-hydrogen) atoms. The van der Waals surface area contributed by atoms with Gasteiger partial charge in [0.15, 0.2) is 0 Å². The van der Waals surface area contributed by atoms with Crippen molar-refractivity contribution < 1.29 is 4.74 Å². The van der Waals surface area contributed by atoms with Gasteiger partial charge in [-0.3, -0.25) is 0 Å². The lowest BCUT2D eigenvalue weighted by molar-refractivity contribution is 0.138. The van der Waals surface area contributed by atoms with Crippen molar-refractivity contribution >= 4 is 11.6 Å². The highest BCUT2D eigenvalue weighted by atomic mass is 35.5. The second kappa shape index (κ2) is 2.90. The van der Waals surface area contributed by atoms with E-state index in [1.165, 1.54) is 0 Å². The van der Waals surface area contributed by atoms with E-state index in [0.717, 1.165) is 17.7 Å². The Morgan fingerprint density at radius 1 is 1.50 bits per heavy atom. The maximum Gasteiger partial charge on any atom is 0.142 e. The summed E-state index contributed by atoms with van der Waals surface area (Å²) in [7, 11) is 0. The molecule has 1 aromatic rings. The van der Waals surface area contributed by atoms with Gasteiger partial charge in [-0.2, -0.15) is 5.26 Å². The number of rotatable bonds is 0. The molecule has 0 aliphatic carbocycles. The van der Waals surface area contributed by atoms with E-state index in [1.54, 1.807) is 6.07 Å². The fourth-order valence-corrected chi connectivity index (χ4v) is 2.01. The zero-order chi connectivity index (χ0) is 10.3. The molecule has 1 aliphatic rings. The molecule has 72 valence electrons. The van der Waals surface area contributed by atoms with Gasteiger partial charge < -0.3 is 4.74 Å². The highest BCUT2D eigenvalue weighted by Crippen LogP contribution is 2.40. The molecule has 0 atom stereocenters. The van der Waals surface area contributed by atoms with E-state index in [-0.39, 0.29) is 5.60 Å². The van der Waals surface area contributed by atoms with Gasteiger partial charge >= 0.3 is 0 Å². The Hall–Kier alpha value is -1.20. The first-order chi connectivity index (χ1) is 6.52. The summed E-state index contributed by atoms with van der Waals surface area (Å²) in [5.41, 5.74) is 1.41. The molecule has 1 heterocycles. The second-order valence-electron chi connectivity index (χ2n) is 4.10. The number of benzene rings is 1. The molecule has 1 aromatic carbocycles. The first kappa shape index (κ1) is 9.36. The SMILES string of the molecule is CC1(C)Cc2cc(C#N)cc(Cl)c2O1. The monoisotopic (exact) mass is 207 g/mol. The number of ether oxygens (including phenoxy) is 1. The van der Waals surface area contributed by atoms with Crippen molar-refractivity contribution in [3.8, 4) is 11.8 Å². The van der Waals surface area contributed by atoms with Gasteiger partial charge in [0, 0.05) is 12.0 Å². The predicted octanol–water partition coefficient (Wildman–Crippen LogP) is 2.93. The minimum absolute atomic E-state index is 0.208. The van der Waals surface area contributed by atoms with Crippen LogP contribution in [0.5, 0.6) is 5.75 Å². The van der Waals surface area contributed by atoms with Crippen LogP contribution in [0.15, 0.2) is 12.1 Å². The number of hydrogen-bond acceptors (Lipinski definition) is 2. The number of nitrogens with zero attached hydrogens (tertiary/aromatic N) is 1. The smallest absolute Gasteiger partial charge is 0.142 e. The van der Waals surface area contributed by atoms with Gasteiger partial charge in [0.2, 0.25) is 0 Å². The molecule has 0 saturated carbocycles. The maximum atomic E-state index is 8.77. The summed E-state index contributed by atoms with van der Waals surface area (Å²) in [5.74, 6) is 0.732. The van der Waals surface area contributed by atoms with Gasteiger partial charge in [-0.1, -0.05) is 11.6 Å². The van der Waals surface area contributed by atoms with Crippen molar-refractivity contribution in [3.63, 3.8) is 0 Å². The minimum Gasteiger partial charge on any atom is -0.486 e. The standard InChI is InChI=1S/C11H10ClNO/c1-11(2)5-8-3-7(6-13)4-9(12)10(8)14-11/h3-4H,5H2,1-2H3. The zero-order valence-corrected chi connectivity index (χ0v) is 8.85. The van der Waals surface area contributed by atoms with Crippen LogP contribution in [0.25, 0.3) is 0 Å². The molecule has 3 heteroatoms. The Morgan fingerprint density at radius 2 is 2.21 bits per heavy atom. The average Bonchev–Trinajstić information content (AvgIpc) is 2.40. The number of fused-ring (bicyclic) bond motifs is 1. The van der Waals surface area contributed by atoms with E-state index in [2.05, 4.69) is 6.07 Å². The molecule has 0 spiro atoms. The molecule has 2 nitrogen and oxygen atoms in total. The Kier molecular flexibility index (Phi) is 1.94. The third-order valence-electron chi connectivity index (χ3n) is 2.24. The van der Waals surface area contributed by atoms with Crippen LogP contribution in [0.3, 0.4) is 0 Å². The molecule has 0 bridgehead atoms. The van der Waals surface area contributed by atoms with Gasteiger partial charge in [-0.15, -0.1) is 0 Å². The number of hydrogen-bond donors (Lipinski definition) is 0. The van der Waals surface area contributed by atoms with E-state index in [9.17, 15) is 0 Å². The third-order valence-corrected chi connectivity index (χ3v) is 2.52. The molecule has 0 aromatic heterocycles. The van der Waals surface area contributed by atoms with Crippen LogP contribution in [0, 0.1) is 11.3 Å². The van der Waals surface area contributed by atoms with Crippen LogP contribution >= 0.6 is 11.6 Å². The summed E-state index contributed by atoms with van der Waals surface area (Å²) in [5, 5.41) is 9.31. The highest BCUT2D eigenvalue weighted by Gasteiger charge is 2.31. The molecular formula is C11H10ClNO. The Bertz CT molecular complexity index is 432. The molecule has 0 amide bonds. The first-order valence-corrected chi connectivity index (χ1v) is 4.81. The van der Waals surface area contributed by atoms with Crippen LogP contribution in [-0.2, 0) is 6.42 Å². The number of nitriles is 1. The normalized spacial score (nSPS) is 17.0. The maximum absolute atomic E-state index is 8.77. The molecule has 0 N–H and O–H groups in total. The van der Waals surface area contributed by atoms with E-state index in [1.807, 2.05) is 19.9 Å². The summed E-state index contributed by atoms with van der Waals surface area (Å²) >= 11 is 6.00. The summed E-state index contributed by atoms with van der Waals surface area (Å²) in [4.78, 5) is 0. The van der Waals surface area contributed by atoms with Crippen molar-refractivity contribution in [2.45, 2.75) is 25.9 Å². The lowest BCUT2D eigenvalue weighted by Gasteiger charge is -2.17. The van der Waals surface area contributed by atoms with E-state index >= 15 is 0 Å². The van der Waals surface area contributed by atoms with E-state index < -0.39 is 0 Å². The lowest BCUT2D eigenvalue weighted by atomic mass is 10.0. The van der Waals surface area contributed by atoms with Crippen molar-refractivity contribution in [1.82, 2.24) is 0 Å². The summed E-state index contributed by atoms with van der Waals surface area (Å²) in [6.45, 7) is 4.02. The minimum atomic E-state index is -0.208. The fourth-order valence-electron chi connectivity index (χ4n) is 1.73. The average molecular weight is 208 g/mol. The third kappa shape index (κ3) is 1.44. The second-order valence-corrected chi connectivity index (χ2v) is 4.50. The van der Waals surface area contributed by atoms with Crippen LogP contribution in [0.2, 0.25) is 5.02 Å². The largest absolute Gasteiger partial charge is 0.486 e. The molecule has 1 aliphatic heterocycles. The van der Waals surface area contributed by atoms with Gasteiger partial charge in [-0.25, -0.2) is 0 Å². The Labute approximate surface area is 88.1 Å². The fraction of sp³-hybridized carbons (Fsp3) is 0.364. The Morgan fingerprint density at radius 3 is 2.86 bits per heavy atom. The molecule has 0 unspecified atom stereocenters. The van der Waals surface area contributed by atoms with Gasteiger partial charge in [0.05, 0.1) is 16.7 Å². The lowest BCUT2D eigenvalue weighted by Crippen LogP contribution is -2.24. The molecule has 0 radical (unpaired) electrons. The van der Waals surface area contributed by atoms with Gasteiger partial charge in [-0.05, 0) is 26.0 Å². The van der Waals surface area contributed by atoms with Crippen molar-refractivity contribution in [3.05, 3.63) is 28.3 Å². The molecule has 0 fully saturated rings. The molecular weight excluding hydrogens is 198 g/mol. The van der Waals surface area contributed by atoms with Crippen molar-refractivity contribution in [2.24, 2.45) is 0 Å². The van der Waals surface area contributed by atoms with Crippen molar-refractivity contribution in [2.75, 3.05) is 0 Å². The van der Waals surface area contributed by atoms with E-state index in [4.69, 9.17) is 21.6 Å². The zero-order valence-electron chi connectivity index (χ0n) is 8.10. The summed E-state index contributed by atoms with van der Waals surface area (Å²) in [6, 6.07) is 5.57. The number of halogens is 1. The van der Waals surface area contributed by atoms with Gasteiger partial charge in [0.1, 0.15) is 11.4 Å². The van der Waals surface area contributed by atoms with Crippen LogP contribution < -0.4 is 4.74 Å². The van der Waals surface area contributed by atoms with Crippen LogP contribution in [0.4, 0.5) is 0 Å². The molecule has 2 rings (SSSR count). The summed E-state index contributed by atoms with van der Waals surface area (Å²) < 4.78 is 5.68. The van der Waals surface area contributed by atoms with Crippen LogP contribution in [0.1, 0.15) is 25.0 Å². The summed E-state index contributed by atoms with van der Waals surface area (Å²) in [6.07, 6.45) is 0.803. The highest BCUT2D eigenvalue weighted by molar-refractivity contribution is 6.32. The molecule has 0 saturated heterocycles. The Balaban J connectivity index is 2.54.